The molecule has 1 aliphatic heterocycles. The van der Waals surface area contributed by atoms with Crippen molar-refractivity contribution in [3.05, 3.63) is 23.8 Å². The number of rotatable bonds is 8. The summed E-state index contributed by atoms with van der Waals surface area (Å²) in [7, 11) is 1.78. The van der Waals surface area contributed by atoms with Crippen LogP contribution in [0.2, 0.25) is 0 Å². The Balaban J connectivity index is 1.97. The predicted molar refractivity (Wildman–Crippen MR) is 101 cm³/mol. The quantitative estimate of drug-likeness (QED) is 0.558. The Hall–Kier alpha value is -1.95. The molecule has 2 N–H and O–H groups in total. The van der Waals surface area contributed by atoms with Crippen LogP contribution in [-0.4, -0.2) is 45.5 Å². The molecule has 6 heteroatoms. The fourth-order valence-electron chi connectivity index (χ4n) is 2.84. The van der Waals surface area contributed by atoms with Crippen LogP contribution in [0.5, 0.6) is 11.5 Å². The van der Waals surface area contributed by atoms with Crippen LogP contribution in [0.15, 0.2) is 23.2 Å². The standard InChI is InChI=1S/C19H31N3O3/c1-5-23-17-10-9-15(12-18(17)24-6-2)14(3)22-19(20-4)21-13-16-8-7-11-25-16/h9-10,12,14,16H,5-8,11,13H2,1-4H3,(H2,20,21,22). The molecule has 1 saturated heterocycles. The minimum absolute atomic E-state index is 0.0885. The Morgan fingerprint density at radius 2 is 2.04 bits per heavy atom. The van der Waals surface area contributed by atoms with Crippen molar-refractivity contribution in [2.75, 3.05) is 33.4 Å². The Bertz CT molecular complexity index is 557. The molecular weight excluding hydrogens is 318 g/mol. The van der Waals surface area contributed by atoms with E-state index in [1.54, 1.807) is 7.05 Å². The van der Waals surface area contributed by atoms with Crippen molar-refractivity contribution in [3.8, 4) is 11.5 Å². The van der Waals surface area contributed by atoms with Crippen LogP contribution in [0.3, 0.4) is 0 Å². The molecule has 2 unspecified atom stereocenters. The van der Waals surface area contributed by atoms with E-state index in [-0.39, 0.29) is 12.1 Å². The molecule has 1 fully saturated rings. The summed E-state index contributed by atoms with van der Waals surface area (Å²) in [5.41, 5.74) is 1.12. The third kappa shape index (κ3) is 5.81. The molecule has 0 bridgehead atoms. The maximum absolute atomic E-state index is 5.71. The average molecular weight is 349 g/mol. The summed E-state index contributed by atoms with van der Waals surface area (Å²) in [6.07, 6.45) is 2.53. The topological polar surface area (TPSA) is 64.1 Å². The zero-order valence-electron chi connectivity index (χ0n) is 15.8. The second kappa shape index (κ2) is 10.1. The molecule has 0 amide bonds. The van der Waals surface area contributed by atoms with Gasteiger partial charge < -0.3 is 24.8 Å². The van der Waals surface area contributed by atoms with Gasteiger partial charge in [-0.3, -0.25) is 4.99 Å². The molecule has 1 aromatic rings. The Morgan fingerprint density at radius 3 is 2.68 bits per heavy atom. The van der Waals surface area contributed by atoms with E-state index >= 15 is 0 Å². The van der Waals surface area contributed by atoms with Gasteiger partial charge in [-0.25, -0.2) is 0 Å². The van der Waals surface area contributed by atoms with Crippen LogP contribution in [-0.2, 0) is 4.74 Å². The van der Waals surface area contributed by atoms with Crippen LogP contribution >= 0.6 is 0 Å². The normalized spacial score (nSPS) is 18.7. The van der Waals surface area contributed by atoms with Gasteiger partial charge >= 0.3 is 0 Å². The van der Waals surface area contributed by atoms with Crippen LogP contribution < -0.4 is 20.1 Å². The molecular formula is C19H31N3O3. The lowest BCUT2D eigenvalue weighted by Gasteiger charge is -2.21. The first kappa shape index (κ1) is 19.4. The summed E-state index contributed by atoms with van der Waals surface area (Å²) in [4.78, 5) is 4.30. The van der Waals surface area contributed by atoms with Gasteiger partial charge in [0.25, 0.3) is 0 Å². The van der Waals surface area contributed by atoms with Gasteiger partial charge in [0.2, 0.25) is 0 Å². The van der Waals surface area contributed by atoms with Crippen molar-refractivity contribution in [2.24, 2.45) is 4.99 Å². The minimum atomic E-state index is 0.0885. The van der Waals surface area contributed by atoms with E-state index < -0.39 is 0 Å². The zero-order chi connectivity index (χ0) is 18.1. The fraction of sp³-hybridized carbons (Fsp3) is 0.632. The van der Waals surface area contributed by atoms with Crippen molar-refractivity contribution >= 4 is 5.96 Å². The lowest BCUT2D eigenvalue weighted by atomic mass is 10.1. The third-order valence-electron chi connectivity index (χ3n) is 4.17. The Kier molecular flexibility index (Phi) is 7.85. The van der Waals surface area contributed by atoms with Crippen molar-refractivity contribution in [1.29, 1.82) is 0 Å². The van der Waals surface area contributed by atoms with E-state index in [0.29, 0.717) is 13.2 Å². The monoisotopic (exact) mass is 349 g/mol. The third-order valence-corrected chi connectivity index (χ3v) is 4.17. The Labute approximate surface area is 151 Å². The molecule has 0 spiro atoms. The molecule has 1 aromatic carbocycles. The van der Waals surface area contributed by atoms with E-state index in [1.165, 1.54) is 0 Å². The van der Waals surface area contributed by atoms with Gasteiger partial charge in [-0.2, -0.15) is 0 Å². The number of ether oxygens (including phenoxy) is 3. The van der Waals surface area contributed by atoms with E-state index in [0.717, 1.165) is 49.0 Å². The van der Waals surface area contributed by atoms with Gasteiger partial charge in [0.05, 0.1) is 25.4 Å². The van der Waals surface area contributed by atoms with Crippen molar-refractivity contribution in [1.82, 2.24) is 10.6 Å². The predicted octanol–water partition coefficient (Wildman–Crippen LogP) is 2.89. The molecule has 6 nitrogen and oxygen atoms in total. The largest absolute Gasteiger partial charge is 0.490 e. The van der Waals surface area contributed by atoms with Gasteiger partial charge in [-0.05, 0) is 51.3 Å². The highest BCUT2D eigenvalue weighted by Gasteiger charge is 2.17. The van der Waals surface area contributed by atoms with E-state index in [1.807, 2.05) is 26.0 Å². The lowest BCUT2D eigenvalue weighted by Crippen LogP contribution is -2.42. The van der Waals surface area contributed by atoms with Crippen molar-refractivity contribution < 1.29 is 14.2 Å². The number of benzene rings is 1. The Morgan fingerprint density at radius 1 is 1.28 bits per heavy atom. The fourth-order valence-corrected chi connectivity index (χ4v) is 2.84. The highest BCUT2D eigenvalue weighted by Crippen LogP contribution is 2.30. The van der Waals surface area contributed by atoms with Crippen molar-refractivity contribution in [2.45, 2.75) is 45.8 Å². The zero-order valence-corrected chi connectivity index (χ0v) is 15.8. The highest BCUT2D eigenvalue weighted by molar-refractivity contribution is 5.80. The highest BCUT2D eigenvalue weighted by atomic mass is 16.5. The van der Waals surface area contributed by atoms with Crippen LogP contribution in [0, 0.1) is 0 Å². The molecule has 25 heavy (non-hydrogen) atoms. The molecule has 0 radical (unpaired) electrons. The summed E-state index contributed by atoms with van der Waals surface area (Å²) >= 11 is 0. The lowest BCUT2D eigenvalue weighted by molar-refractivity contribution is 0.113. The molecule has 0 aliphatic carbocycles. The summed E-state index contributed by atoms with van der Waals surface area (Å²) < 4.78 is 17.0. The minimum Gasteiger partial charge on any atom is -0.490 e. The average Bonchev–Trinajstić information content (AvgIpc) is 3.13. The number of nitrogens with zero attached hydrogens (tertiary/aromatic N) is 1. The number of nitrogens with one attached hydrogen (secondary N) is 2. The molecule has 140 valence electrons. The van der Waals surface area contributed by atoms with Gasteiger partial charge in [0.1, 0.15) is 0 Å². The van der Waals surface area contributed by atoms with Gasteiger partial charge in [-0.1, -0.05) is 6.07 Å². The van der Waals surface area contributed by atoms with E-state index in [2.05, 4.69) is 28.6 Å². The second-order valence-electron chi connectivity index (χ2n) is 6.03. The smallest absolute Gasteiger partial charge is 0.191 e. The maximum Gasteiger partial charge on any atom is 0.191 e. The van der Waals surface area contributed by atoms with Gasteiger partial charge in [-0.15, -0.1) is 0 Å². The summed E-state index contributed by atoms with van der Waals surface area (Å²) in [6.45, 7) is 8.91. The number of aliphatic imine (C=N–C) groups is 1. The second-order valence-corrected chi connectivity index (χ2v) is 6.03. The van der Waals surface area contributed by atoms with Crippen LogP contribution in [0.25, 0.3) is 0 Å². The van der Waals surface area contributed by atoms with Crippen LogP contribution in [0.4, 0.5) is 0 Å². The molecule has 0 aromatic heterocycles. The first-order valence-electron chi connectivity index (χ1n) is 9.16. The summed E-state index contributed by atoms with van der Waals surface area (Å²) in [6, 6.07) is 6.13. The number of guanidine groups is 1. The molecule has 2 atom stereocenters. The van der Waals surface area contributed by atoms with Crippen LogP contribution in [0.1, 0.15) is 45.2 Å². The first-order valence-corrected chi connectivity index (χ1v) is 9.16. The van der Waals surface area contributed by atoms with Gasteiger partial charge in [0, 0.05) is 20.2 Å². The molecule has 2 rings (SSSR count). The first-order chi connectivity index (χ1) is 12.2. The molecule has 1 heterocycles. The van der Waals surface area contributed by atoms with Gasteiger partial charge in [0.15, 0.2) is 17.5 Å². The van der Waals surface area contributed by atoms with E-state index in [9.17, 15) is 0 Å². The number of hydrogen-bond acceptors (Lipinski definition) is 4. The maximum atomic E-state index is 5.71. The van der Waals surface area contributed by atoms with E-state index in [4.69, 9.17) is 14.2 Å². The molecule has 1 aliphatic rings. The summed E-state index contributed by atoms with van der Waals surface area (Å²) in [5, 5.41) is 6.76. The molecule has 0 saturated carbocycles. The SMILES string of the molecule is CCOc1ccc(C(C)NC(=NC)NCC2CCCO2)cc1OCC. The van der Waals surface area contributed by atoms with Crippen molar-refractivity contribution in [3.63, 3.8) is 0 Å². The summed E-state index contributed by atoms with van der Waals surface area (Å²) in [5.74, 6) is 2.33. The number of hydrogen-bond donors (Lipinski definition) is 2.